The number of hydrogen-bond acceptors (Lipinski definition) is 5. The molecule has 8 nitrogen and oxygen atoms in total. The summed E-state index contributed by atoms with van der Waals surface area (Å²) in [6.45, 7) is 4.86. The van der Waals surface area contributed by atoms with Gasteiger partial charge in [-0.15, -0.1) is 0 Å². The van der Waals surface area contributed by atoms with Crippen LogP contribution >= 0.6 is 7.82 Å². The van der Waals surface area contributed by atoms with E-state index < -0.39 is 20.0 Å². The zero-order chi connectivity index (χ0) is 35.1. The zero-order valence-electron chi connectivity index (χ0n) is 31.8. The van der Waals surface area contributed by atoms with E-state index in [0.717, 1.165) is 38.5 Å². The van der Waals surface area contributed by atoms with Gasteiger partial charge in [-0.25, -0.2) is 4.57 Å². The van der Waals surface area contributed by atoms with Gasteiger partial charge in [-0.2, -0.15) is 0 Å². The molecule has 3 unspecified atom stereocenters. The molecule has 3 N–H and O–H groups in total. The number of aliphatic hydroxyl groups excluding tert-OH is 1. The van der Waals surface area contributed by atoms with Crippen molar-refractivity contribution in [3.63, 3.8) is 0 Å². The van der Waals surface area contributed by atoms with E-state index in [9.17, 15) is 19.4 Å². The Morgan fingerprint density at radius 3 is 1.43 bits per heavy atom. The largest absolute Gasteiger partial charge is 0.472 e. The molecule has 0 rings (SSSR count). The number of aliphatic hydroxyl groups is 1. The summed E-state index contributed by atoms with van der Waals surface area (Å²) < 4.78 is 23.5. The Balaban J connectivity index is 4.37. The molecule has 0 aromatic carbocycles. The summed E-state index contributed by atoms with van der Waals surface area (Å²) in [5.41, 5.74) is 0. The molecule has 0 spiro atoms. The van der Waals surface area contributed by atoms with Crippen molar-refractivity contribution in [2.75, 3.05) is 40.9 Å². The zero-order valence-corrected chi connectivity index (χ0v) is 32.7. The highest BCUT2D eigenvalue weighted by Crippen LogP contribution is 2.43. The molecule has 0 aromatic rings. The summed E-state index contributed by atoms with van der Waals surface area (Å²) in [7, 11) is 1.62. The average molecular weight is 692 g/mol. The summed E-state index contributed by atoms with van der Waals surface area (Å²) in [6.07, 6.45) is 31.2. The molecule has 9 heteroatoms. The van der Waals surface area contributed by atoms with Crippen LogP contribution in [0.4, 0.5) is 0 Å². The van der Waals surface area contributed by atoms with Crippen molar-refractivity contribution >= 4 is 13.7 Å². The first-order valence-corrected chi connectivity index (χ1v) is 21.4. The van der Waals surface area contributed by atoms with E-state index in [2.05, 4.69) is 19.2 Å². The number of hydrogen-bond donors (Lipinski definition) is 3. The van der Waals surface area contributed by atoms with E-state index in [1.54, 1.807) is 0 Å². The fraction of sp³-hybridized carbons (Fsp3) is 0.974. The Hall–Kier alpha value is -0.500. The van der Waals surface area contributed by atoms with Gasteiger partial charge >= 0.3 is 7.82 Å². The van der Waals surface area contributed by atoms with E-state index in [0.29, 0.717) is 23.9 Å². The highest BCUT2D eigenvalue weighted by molar-refractivity contribution is 7.47. The topological polar surface area (TPSA) is 105 Å². The van der Waals surface area contributed by atoms with Gasteiger partial charge in [0.25, 0.3) is 0 Å². The van der Waals surface area contributed by atoms with Crippen LogP contribution in [0.1, 0.15) is 187 Å². The number of likely N-dealkylation sites (N-methyl/N-ethyl adjacent to an activating group) is 1. The van der Waals surface area contributed by atoms with Crippen LogP contribution in [-0.4, -0.2) is 73.4 Å². The SMILES string of the molecule is CCCCCCCCCCCCCCCCCCC(O)C(COP(=O)(O)OCC[N+](C)(C)C)NC(=O)CCCCCCCCCCC. The number of nitrogens with one attached hydrogen (secondary N) is 1. The van der Waals surface area contributed by atoms with Crippen LogP contribution < -0.4 is 5.32 Å². The van der Waals surface area contributed by atoms with Crippen LogP contribution in [0.5, 0.6) is 0 Å². The van der Waals surface area contributed by atoms with E-state index in [4.69, 9.17) is 9.05 Å². The molecule has 0 bridgehead atoms. The fourth-order valence-electron chi connectivity index (χ4n) is 5.87. The molecule has 1 amide bonds. The lowest BCUT2D eigenvalue weighted by Crippen LogP contribution is -2.46. The minimum atomic E-state index is -4.30. The van der Waals surface area contributed by atoms with Crippen LogP contribution in [-0.2, 0) is 18.4 Å². The maximum atomic E-state index is 12.8. The summed E-state index contributed by atoms with van der Waals surface area (Å²) in [4.78, 5) is 23.0. The Labute approximate surface area is 291 Å². The molecular formula is C38H80N2O6P+. The third-order valence-corrected chi connectivity index (χ3v) is 10.1. The van der Waals surface area contributed by atoms with Crippen molar-refractivity contribution in [1.29, 1.82) is 0 Å². The monoisotopic (exact) mass is 692 g/mol. The second kappa shape index (κ2) is 31.5. The number of unbranched alkanes of at least 4 members (excludes halogenated alkanes) is 23. The first-order chi connectivity index (χ1) is 22.5. The average Bonchev–Trinajstić information content (AvgIpc) is 3.01. The lowest BCUT2D eigenvalue weighted by Gasteiger charge is -2.26. The minimum absolute atomic E-state index is 0.0780. The first-order valence-electron chi connectivity index (χ1n) is 19.9. The molecule has 0 saturated carbocycles. The van der Waals surface area contributed by atoms with Gasteiger partial charge < -0.3 is 19.8 Å². The van der Waals surface area contributed by atoms with Gasteiger partial charge in [-0.05, 0) is 12.8 Å². The third kappa shape index (κ3) is 33.8. The molecule has 0 saturated heterocycles. The molecular weight excluding hydrogens is 611 g/mol. The van der Waals surface area contributed by atoms with Gasteiger partial charge in [-0.3, -0.25) is 13.8 Å². The predicted molar refractivity (Wildman–Crippen MR) is 199 cm³/mol. The molecule has 0 aliphatic carbocycles. The van der Waals surface area contributed by atoms with Gasteiger partial charge in [-0.1, -0.05) is 168 Å². The van der Waals surface area contributed by atoms with E-state index >= 15 is 0 Å². The smallest absolute Gasteiger partial charge is 0.391 e. The van der Waals surface area contributed by atoms with Crippen molar-refractivity contribution in [2.24, 2.45) is 0 Å². The van der Waals surface area contributed by atoms with E-state index in [-0.39, 0.29) is 19.1 Å². The standard InChI is InChI=1S/C38H79N2O6P/c1-6-8-10-12-14-16-17-18-19-20-21-22-24-25-27-29-31-37(41)36(35-46-47(43,44)45-34-33-40(3,4)5)39-38(42)32-30-28-26-23-15-13-11-9-7-2/h36-37,41H,6-35H2,1-5H3,(H-,39,42,43,44)/p+1. The van der Waals surface area contributed by atoms with Gasteiger partial charge in [0.05, 0.1) is 39.9 Å². The summed E-state index contributed by atoms with van der Waals surface area (Å²) >= 11 is 0. The Bertz CT molecular complexity index is 748. The van der Waals surface area contributed by atoms with Gasteiger partial charge in [0.2, 0.25) is 5.91 Å². The summed E-state index contributed by atoms with van der Waals surface area (Å²) in [5.74, 6) is -0.147. The van der Waals surface area contributed by atoms with Crippen molar-refractivity contribution in [1.82, 2.24) is 5.32 Å². The van der Waals surface area contributed by atoms with Crippen molar-refractivity contribution in [3.8, 4) is 0 Å². The number of phosphoric acid groups is 1. The number of rotatable bonds is 36. The molecule has 47 heavy (non-hydrogen) atoms. The molecule has 0 aromatic heterocycles. The summed E-state index contributed by atoms with van der Waals surface area (Å²) in [6, 6.07) is -0.750. The third-order valence-electron chi connectivity index (χ3n) is 9.11. The molecule has 3 atom stereocenters. The number of quaternary nitrogens is 1. The molecule has 0 aliphatic rings. The molecule has 0 radical (unpaired) electrons. The number of nitrogens with zero attached hydrogens (tertiary/aromatic N) is 1. The van der Waals surface area contributed by atoms with E-state index in [1.165, 1.54) is 122 Å². The number of phosphoric ester groups is 1. The molecule has 282 valence electrons. The molecule has 0 fully saturated rings. The quantitative estimate of drug-likeness (QED) is 0.0343. The van der Waals surface area contributed by atoms with Crippen LogP contribution in [0.2, 0.25) is 0 Å². The Kier molecular flexibility index (Phi) is 31.1. The Morgan fingerprint density at radius 1 is 0.638 bits per heavy atom. The highest BCUT2D eigenvalue weighted by Gasteiger charge is 2.28. The lowest BCUT2D eigenvalue weighted by molar-refractivity contribution is -0.870. The highest BCUT2D eigenvalue weighted by atomic mass is 31.2. The molecule has 0 aliphatic heterocycles. The Morgan fingerprint density at radius 2 is 1.02 bits per heavy atom. The van der Waals surface area contributed by atoms with Crippen LogP contribution in [0, 0.1) is 0 Å². The normalized spacial score (nSPS) is 14.6. The minimum Gasteiger partial charge on any atom is -0.391 e. The van der Waals surface area contributed by atoms with Crippen molar-refractivity contribution in [2.45, 2.75) is 199 Å². The van der Waals surface area contributed by atoms with Gasteiger partial charge in [0.15, 0.2) is 0 Å². The predicted octanol–water partition coefficient (Wildman–Crippen LogP) is 10.2. The van der Waals surface area contributed by atoms with E-state index in [1.807, 2.05) is 21.1 Å². The van der Waals surface area contributed by atoms with Gasteiger partial charge in [0.1, 0.15) is 13.2 Å². The summed E-state index contributed by atoms with van der Waals surface area (Å²) in [5, 5.41) is 13.9. The molecule has 0 heterocycles. The maximum Gasteiger partial charge on any atom is 0.472 e. The lowest BCUT2D eigenvalue weighted by atomic mass is 10.0. The second-order valence-corrected chi connectivity index (χ2v) is 16.5. The van der Waals surface area contributed by atoms with Crippen LogP contribution in [0.15, 0.2) is 0 Å². The fourth-order valence-corrected chi connectivity index (χ4v) is 6.60. The van der Waals surface area contributed by atoms with Crippen LogP contribution in [0.3, 0.4) is 0 Å². The maximum absolute atomic E-state index is 12.8. The van der Waals surface area contributed by atoms with Crippen molar-refractivity contribution in [3.05, 3.63) is 0 Å². The van der Waals surface area contributed by atoms with Gasteiger partial charge in [0, 0.05) is 6.42 Å². The number of amides is 1. The second-order valence-electron chi connectivity index (χ2n) is 15.0. The van der Waals surface area contributed by atoms with Crippen LogP contribution in [0.25, 0.3) is 0 Å². The number of carbonyl (C=O) groups excluding carboxylic acids is 1. The first kappa shape index (κ1) is 46.5. The van der Waals surface area contributed by atoms with Crippen molar-refractivity contribution < 1.29 is 32.9 Å². The number of carbonyl (C=O) groups is 1.